The van der Waals surface area contributed by atoms with Gasteiger partial charge in [0.25, 0.3) is 5.56 Å². The number of esters is 1. The molecule has 36 heavy (non-hydrogen) atoms. The van der Waals surface area contributed by atoms with Crippen LogP contribution in [0.4, 0.5) is 0 Å². The highest BCUT2D eigenvalue weighted by Crippen LogP contribution is 2.26. The molecular formula is C28H25N3O4S. The van der Waals surface area contributed by atoms with E-state index in [9.17, 15) is 9.59 Å². The molecule has 0 aliphatic carbocycles. The number of furan rings is 1. The molecule has 0 atom stereocenters. The molecule has 5 aromatic rings. The van der Waals surface area contributed by atoms with Crippen molar-refractivity contribution in [3.05, 3.63) is 92.4 Å². The van der Waals surface area contributed by atoms with Gasteiger partial charge in [0, 0.05) is 17.2 Å². The van der Waals surface area contributed by atoms with Crippen molar-refractivity contribution in [3.8, 4) is 22.7 Å². The lowest BCUT2D eigenvalue weighted by Gasteiger charge is -2.18. The second-order valence-electron chi connectivity index (χ2n) is 9.37. The quantitative estimate of drug-likeness (QED) is 0.313. The van der Waals surface area contributed by atoms with Gasteiger partial charge in [0.1, 0.15) is 16.1 Å². The second-order valence-corrected chi connectivity index (χ2v) is 10.4. The Morgan fingerprint density at radius 1 is 1.03 bits per heavy atom. The maximum atomic E-state index is 12.9. The van der Waals surface area contributed by atoms with E-state index >= 15 is 0 Å². The summed E-state index contributed by atoms with van der Waals surface area (Å²) in [5, 5.41) is 4.44. The molecule has 5 rings (SSSR count). The molecule has 0 aliphatic rings. The molecule has 0 N–H and O–H groups in total. The highest BCUT2D eigenvalue weighted by atomic mass is 32.1. The summed E-state index contributed by atoms with van der Waals surface area (Å²) in [4.78, 5) is 29.9. The highest BCUT2D eigenvalue weighted by molar-refractivity contribution is 7.15. The predicted octanol–water partition coefficient (Wildman–Crippen LogP) is 5.10. The van der Waals surface area contributed by atoms with Crippen LogP contribution in [0.15, 0.2) is 69.9 Å². The number of hydrogen-bond donors (Lipinski definition) is 0. The Morgan fingerprint density at radius 2 is 1.72 bits per heavy atom. The van der Waals surface area contributed by atoms with Gasteiger partial charge in [-0.3, -0.25) is 4.79 Å². The molecule has 0 spiro atoms. The minimum absolute atomic E-state index is 0.0608. The van der Waals surface area contributed by atoms with Crippen LogP contribution in [-0.4, -0.2) is 27.2 Å². The highest BCUT2D eigenvalue weighted by Gasteiger charge is 2.16. The maximum Gasteiger partial charge on any atom is 0.338 e. The Balaban J connectivity index is 1.39. The molecule has 0 unspecified atom stereocenters. The second kappa shape index (κ2) is 9.20. The third-order valence-corrected chi connectivity index (χ3v) is 6.73. The Morgan fingerprint density at radius 3 is 2.36 bits per heavy atom. The SMILES string of the molecule is CCOC(=O)c1ccc(-c2ccc(/C=c3\sc4nc(-c5ccc(C(C)(C)C)cc5)nn4c3=O)o2)cc1. The third kappa shape index (κ3) is 4.59. The molecule has 8 heteroatoms. The van der Waals surface area contributed by atoms with Crippen molar-refractivity contribution >= 4 is 28.3 Å². The molecule has 3 aromatic heterocycles. The predicted molar refractivity (Wildman–Crippen MR) is 140 cm³/mol. The lowest BCUT2D eigenvalue weighted by atomic mass is 9.87. The first kappa shape index (κ1) is 23.7. The Kier molecular flexibility index (Phi) is 6.05. The van der Waals surface area contributed by atoms with Crippen molar-refractivity contribution in [2.24, 2.45) is 0 Å². The molecule has 0 aliphatic heterocycles. The zero-order valence-electron chi connectivity index (χ0n) is 20.4. The fourth-order valence-corrected chi connectivity index (χ4v) is 4.66. The first-order chi connectivity index (χ1) is 17.2. The van der Waals surface area contributed by atoms with E-state index in [4.69, 9.17) is 9.15 Å². The summed E-state index contributed by atoms with van der Waals surface area (Å²) in [5.74, 6) is 1.34. The molecule has 2 aromatic carbocycles. The zero-order chi connectivity index (χ0) is 25.4. The Hall–Kier alpha value is -4.04. The molecule has 0 amide bonds. The fraction of sp³-hybridized carbons (Fsp3) is 0.214. The van der Waals surface area contributed by atoms with Crippen LogP contribution in [0.25, 0.3) is 33.7 Å². The van der Waals surface area contributed by atoms with Gasteiger partial charge in [0.15, 0.2) is 5.82 Å². The van der Waals surface area contributed by atoms with Crippen molar-refractivity contribution < 1.29 is 13.9 Å². The van der Waals surface area contributed by atoms with E-state index in [0.717, 1.165) is 11.1 Å². The van der Waals surface area contributed by atoms with Crippen molar-refractivity contribution in [2.75, 3.05) is 6.61 Å². The van der Waals surface area contributed by atoms with Crippen LogP contribution in [0.3, 0.4) is 0 Å². The average Bonchev–Trinajstić information content (AvgIpc) is 3.56. The Bertz CT molecular complexity index is 1650. The standard InChI is InChI=1S/C28H25N3O4S/c1-5-34-26(33)19-8-6-17(7-9-19)22-15-14-21(35-22)16-23-25(32)31-27(36-23)29-24(30-31)18-10-12-20(13-11-18)28(2,3)4/h6-16H,5H2,1-4H3/b23-16-. The lowest BCUT2D eigenvalue weighted by Crippen LogP contribution is -2.23. The van der Waals surface area contributed by atoms with Crippen LogP contribution >= 0.6 is 11.3 Å². The van der Waals surface area contributed by atoms with E-state index < -0.39 is 0 Å². The van der Waals surface area contributed by atoms with Gasteiger partial charge in [-0.05, 0) is 42.2 Å². The van der Waals surface area contributed by atoms with Gasteiger partial charge in [-0.15, -0.1) is 5.10 Å². The minimum atomic E-state index is -0.359. The molecule has 0 fully saturated rings. The number of thiazole rings is 1. The van der Waals surface area contributed by atoms with Gasteiger partial charge < -0.3 is 9.15 Å². The van der Waals surface area contributed by atoms with Crippen molar-refractivity contribution in [3.63, 3.8) is 0 Å². The van der Waals surface area contributed by atoms with E-state index in [1.165, 1.54) is 21.4 Å². The lowest BCUT2D eigenvalue weighted by molar-refractivity contribution is 0.0526. The van der Waals surface area contributed by atoms with Crippen LogP contribution in [0.5, 0.6) is 0 Å². The van der Waals surface area contributed by atoms with Crippen molar-refractivity contribution in [1.82, 2.24) is 14.6 Å². The number of ether oxygens (including phenoxy) is 1. The molecule has 7 nitrogen and oxygen atoms in total. The first-order valence-electron chi connectivity index (χ1n) is 11.6. The molecule has 182 valence electrons. The minimum Gasteiger partial charge on any atom is -0.462 e. The fourth-order valence-electron chi connectivity index (χ4n) is 3.78. The summed E-state index contributed by atoms with van der Waals surface area (Å²) >= 11 is 1.27. The number of hydrogen-bond acceptors (Lipinski definition) is 7. The van der Waals surface area contributed by atoms with E-state index in [0.29, 0.717) is 39.0 Å². The van der Waals surface area contributed by atoms with Gasteiger partial charge in [-0.2, -0.15) is 9.50 Å². The number of nitrogens with zero attached hydrogens (tertiary/aromatic N) is 3. The van der Waals surface area contributed by atoms with E-state index in [1.807, 2.05) is 18.2 Å². The smallest absolute Gasteiger partial charge is 0.338 e. The van der Waals surface area contributed by atoms with Crippen LogP contribution in [0.2, 0.25) is 0 Å². The molecule has 0 saturated heterocycles. The van der Waals surface area contributed by atoms with Gasteiger partial charge >= 0.3 is 5.97 Å². The van der Waals surface area contributed by atoms with Gasteiger partial charge in [-0.25, -0.2) is 4.79 Å². The monoisotopic (exact) mass is 499 g/mol. The number of carbonyl (C=O) groups is 1. The molecule has 0 radical (unpaired) electrons. The van der Waals surface area contributed by atoms with Crippen molar-refractivity contribution in [1.29, 1.82) is 0 Å². The molecule has 0 saturated carbocycles. The zero-order valence-corrected chi connectivity index (χ0v) is 21.3. The third-order valence-electron chi connectivity index (χ3n) is 5.77. The average molecular weight is 500 g/mol. The molecule has 0 bridgehead atoms. The Labute approximate surface area is 211 Å². The number of carbonyl (C=O) groups excluding carboxylic acids is 1. The van der Waals surface area contributed by atoms with E-state index in [1.54, 1.807) is 43.3 Å². The summed E-state index contributed by atoms with van der Waals surface area (Å²) in [6.45, 7) is 8.59. The van der Waals surface area contributed by atoms with Crippen molar-refractivity contribution in [2.45, 2.75) is 33.1 Å². The van der Waals surface area contributed by atoms with E-state index in [-0.39, 0.29) is 16.9 Å². The van der Waals surface area contributed by atoms with Gasteiger partial charge in [0.05, 0.1) is 12.2 Å². The summed E-state index contributed by atoms with van der Waals surface area (Å²) < 4.78 is 12.8. The number of fused-ring (bicyclic) bond motifs is 1. The normalized spacial score (nSPS) is 12.4. The van der Waals surface area contributed by atoms with Gasteiger partial charge in [-0.1, -0.05) is 68.5 Å². The largest absolute Gasteiger partial charge is 0.462 e. The first-order valence-corrected chi connectivity index (χ1v) is 12.4. The summed E-state index contributed by atoms with van der Waals surface area (Å²) in [5.41, 5.74) is 3.21. The van der Waals surface area contributed by atoms with Crippen LogP contribution in [0.1, 0.15) is 49.4 Å². The summed E-state index contributed by atoms with van der Waals surface area (Å²) in [6, 6.07) is 18.7. The van der Waals surface area contributed by atoms with Crippen LogP contribution in [-0.2, 0) is 10.2 Å². The summed E-state index contributed by atoms with van der Waals surface area (Å²) in [6.07, 6.45) is 1.69. The number of benzene rings is 2. The molecule has 3 heterocycles. The number of rotatable bonds is 5. The maximum absolute atomic E-state index is 12.9. The van der Waals surface area contributed by atoms with Gasteiger partial charge in [0.2, 0.25) is 4.96 Å². The van der Waals surface area contributed by atoms with E-state index in [2.05, 4.69) is 43.0 Å². The summed E-state index contributed by atoms with van der Waals surface area (Å²) in [7, 11) is 0. The van der Waals surface area contributed by atoms with Crippen LogP contribution < -0.4 is 10.1 Å². The molecular weight excluding hydrogens is 474 g/mol. The topological polar surface area (TPSA) is 86.7 Å². The number of aromatic nitrogens is 3. The van der Waals surface area contributed by atoms with Crippen LogP contribution in [0, 0.1) is 0 Å².